The predicted octanol–water partition coefficient (Wildman–Crippen LogP) is 21.8. The molecule has 2 atom stereocenters. The highest BCUT2D eigenvalue weighted by Crippen LogP contribution is 2.63. The summed E-state index contributed by atoms with van der Waals surface area (Å²) < 4.78 is 2.59. The quantitative estimate of drug-likeness (QED) is 0.147. The molecule has 1 saturated carbocycles. The van der Waals surface area contributed by atoms with Crippen LogP contribution in [0.15, 0.2) is 182 Å². The first kappa shape index (κ1) is 58.2. The molecule has 1 aromatic heterocycles. The van der Waals surface area contributed by atoms with E-state index in [1.807, 2.05) is 11.3 Å². The van der Waals surface area contributed by atoms with Crippen molar-refractivity contribution in [2.75, 3.05) is 19.6 Å². The first-order chi connectivity index (χ1) is 41.5. The summed E-state index contributed by atoms with van der Waals surface area (Å²) in [5.74, 6) is 0. The summed E-state index contributed by atoms with van der Waals surface area (Å²) in [4.78, 5) is 10.7. The molecular weight excluding hydrogens is 1080 g/mol. The van der Waals surface area contributed by atoms with E-state index >= 15 is 0 Å². The van der Waals surface area contributed by atoms with Crippen molar-refractivity contribution in [2.24, 2.45) is 0 Å². The third-order valence-corrected chi connectivity index (χ3v) is 22.2. The van der Waals surface area contributed by atoms with Crippen molar-refractivity contribution in [3.05, 3.63) is 215 Å². The van der Waals surface area contributed by atoms with Gasteiger partial charge in [0.15, 0.2) is 0 Å². The van der Waals surface area contributed by atoms with Crippen molar-refractivity contribution >= 4 is 117 Å². The first-order valence-corrected chi connectivity index (χ1v) is 33.4. The van der Waals surface area contributed by atoms with E-state index in [-0.39, 0.29) is 44.7 Å². The molecule has 3 aliphatic heterocycles. The van der Waals surface area contributed by atoms with Gasteiger partial charge in [0.05, 0.1) is 21.6 Å². The number of nitrogens with zero attached hydrogens (tertiary/aromatic N) is 4. The molecule has 14 rings (SSSR count). The Morgan fingerprint density at radius 3 is 1.38 bits per heavy atom. The van der Waals surface area contributed by atoms with Gasteiger partial charge in [-0.05, 0) is 182 Å². The van der Waals surface area contributed by atoms with E-state index in [9.17, 15) is 0 Å². The minimum atomic E-state index is -0.185. The Hall–Kier alpha value is -7.54. The Bertz CT molecular complexity index is 4270. The zero-order chi connectivity index (χ0) is 62.0. The maximum Gasteiger partial charge on any atom is 0.252 e. The van der Waals surface area contributed by atoms with Gasteiger partial charge in [0.1, 0.15) is 0 Å². The average molecular weight is 1170 g/mol. The standard InChI is InChI=1S/C82H89BN4S/c1-76(2,3)52-27-35-57(36-28-52)84(58-37-29-53(30-38-58)77(4,5)6)61-43-44-66-69(49-61)86(68-25-22-24-64-63-23-18-19-26-72(63)88-75(64)68)70-50-62(85(59-39-31-54(32-40-59)78(7,8)9)60-41-33-55(34-42-60)79(10,11)12)51-71-73(70)83(66)67-48-56(80(13,14)15)47-65-74(67)87(71)82(17)46-21-20-45-81(65,82)16/h18-19,22-44,47-51H,20-21,45-46H2,1-17H3. The van der Waals surface area contributed by atoms with Gasteiger partial charge in [-0.25, -0.2) is 0 Å². The fourth-order valence-electron chi connectivity index (χ4n) is 15.5. The molecule has 10 aromatic rings. The SMILES string of the molecule is CC(C)(C)c1ccc(N(c2ccc(C(C)(C)C)cc2)c2ccc3c(c2)N(c2cccc4c2sc2ccccc24)c2cc(N(c4ccc(C(C)(C)C)cc4)c4ccc(C(C)(C)C)cc4)cc4c2B3c2cc(C(C)(C)C)cc3c2N4C2(C)CCCCC32C)cc1. The minimum Gasteiger partial charge on any atom is -0.335 e. The molecule has 1 fully saturated rings. The van der Waals surface area contributed by atoms with Crippen LogP contribution in [0.25, 0.3) is 20.2 Å². The van der Waals surface area contributed by atoms with Crippen molar-refractivity contribution in [3.8, 4) is 0 Å². The van der Waals surface area contributed by atoms with Gasteiger partial charge in [-0.2, -0.15) is 0 Å². The van der Waals surface area contributed by atoms with Crippen molar-refractivity contribution in [1.29, 1.82) is 0 Å². The summed E-state index contributed by atoms with van der Waals surface area (Å²) in [5, 5.41) is 2.59. The topological polar surface area (TPSA) is 13.0 Å². The van der Waals surface area contributed by atoms with E-state index < -0.39 is 0 Å². The lowest BCUT2D eigenvalue weighted by Crippen LogP contribution is -2.64. The first-order valence-electron chi connectivity index (χ1n) is 32.6. The number of fused-ring (bicyclic) bond motifs is 10. The molecule has 0 spiro atoms. The van der Waals surface area contributed by atoms with Gasteiger partial charge in [-0.1, -0.05) is 221 Å². The lowest BCUT2D eigenvalue weighted by molar-refractivity contribution is 0.195. The van der Waals surface area contributed by atoms with Gasteiger partial charge in [-0.3, -0.25) is 0 Å². The van der Waals surface area contributed by atoms with Gasteiger partial charge < -0.3 is 19.6 Å². The highest BCUT2D eigenvalue weighted by molar-refractivity contribution is 7.26. The van der Waals surface area contributed by atoms with Gasteiger partial charge >= 0.3 is 0 Å². The van der Waals surface area contributed by atoms with Crippen molar-refractivity contribution < 1.29 is 0 Å². The van der Waals surface area contributed by atoms with Gasteiger partial charge in [0, 0.05) is 72.1 Å². The predicted molar refractivity (Wildman–Crippen MR) is 384 cm³/mol. The molecule has 446 valence electrons. The van der Waals surface area contributed by atoms with Crippen molar-refractivity contribution in [2.45, 2.75) is 181 Å². The van der Waals surface area contributed by atoms with Crippen LogP contribution in [0.3, 0.4) is 0 Å². The lowest BCUT2D eigenvalue weighted by atomic mass is 9.33. The Morgan fingerprint density at radius 1 is 0.398 bits per heavy atom. The van der Waals surface area contributed by atoms with Crippen LogP contribution in [0.2, 0.25) is 0 Å². The normalized spacial score (nSPS) is 18.1. The van der Waals surface area contributed by atoms with Crippen LogP contribution in [-0.2, 0) is 32.5 Å². The van der Waals surface area contributed by atoms with Gasteiger partial charge in [-0.15, -0.1) is 11.3 Å². The number of anilines is 11. The molecule has 0 saturated heterocycles. The third-order valence-electron chi connectivity index (χ3n) is 21.0. The van der Waals surface area contributed by atoms with E-state index in [0.717, 1.165) is 47.0 Å². The second kappa shape index (κ2) is 20.0. The summed E-state index contributed by atoms with van der Waals surface area (Å²) >= 11 is 1.92. The molecule has 4 aliphatic rings. The molecule has 0 amide bonds. The summed E-state index contributed by atoms with van der Waals surface area (Å²) in [6, 6.07) is 71.8. The number of hydrogen-bond donors (Lipinski definition) is 0. The minimum absolute atomic E-state index is 0.000212. The zero-order valence-electron chi connectivity index (χ0n) is 55.4. The Labute approximate surface area is 530 Å². The number of benzene rings is 9. The summed E-state index contributed by atoms with van der Waals surface area (Å²) in [5.41, 5.74) is 25.3. The lowest BCUT2D eigenvalue weighted by Gasteiger charge is -2.53. The van der Waals surface area contributed by atoms with Crippen LogP contribution in [0.1, 0.15) is 177 Å². The highest BCUT2D eigenvalue weighted by Gasteiger charge is 2.62. The maximum atomic E-state index is 2.92. The Kier molecular flexibility index (Phi) is 13.2. The van der Waals surface area contributed by atoms with Crippen LogP contribution in [-0.4, -0.2) is 12.3 Å². The molecule has 4 nitrogen and oxygen atoms in total. The largest absolute Gasteiger partial charge is 0.335 e. The molecule has 88 heavy (non-hydrogen) atoms. The molecule has 1 aliphatic carbocycles. The summed E-state index contributed by atoms with van der Waals surface area (Å²) in [6.45, 7) is 40.3. The summed E-state index contributed by atoms with van der Waals surface area (Å²) in [7, 11) is 0. The van der Waals surface area contributed by atoms with Crippen LogP contribution < -0.4 is 36.0 Å². The summed E-state index contributed by atoms with van der Waals surface area (Å²) in [6.07, 6.45) is 4.70. The van der Waals surface area contributed by atoms with E-state index in [0.29, 0.717) is 0 Å². The van der Waals surface area contributed by atoms with Crippen LogP contribution in [0.4, 0.5) is 62.6 Å². The monoisotopic (exact) mass is 1170 g/mol. The van der Waals surface area contributed by atoms with Crippen molar-refractivity contribution in [3.63, 3.8) is 0 Å². The molecule has 0 radical (unpaired) electrons. The van der Waals surface area contributed by atoms with E-state index in [1.54, 1.807) is 0 Å². The maximum absolute atomic E-state index is 2.92. The van der Waals surface area contributed by atoms with Crippen LogP contribution >= 0.6 is 11.3 Å². The molecule has 9 aromatic carbocycles. The Morgan fingerprint density at radius 2 is 0.852 bits per heavy atom. The second-order valence-electron chi connectivity index (χ2n) is 31.9. The molecule has 4 heterocycles. The van der Waals surface area contributed by atoms with Crippen molar-refractivity contribution in [1.82, 2.24) is 0 Å². The average Bonchev–Trinajstić information content (AvgIpc) is 0.992. The van der Waals surface area contributed by atoms with Crippen LogP contribution in [0, 0.1) is 0 Å². The molecular formula is C82H89BN4S. The number of rotatable bonds is 7. The molecule has 6 heteroatoms. The highest BCUT2D eigenvalue weighted by atomic mass is 32.1. The number of thiophene rings is 1. The van der Waals surface area contributed by atoms with Crippen LogP contribution in [0.5, 0.6) is 0 Å². The zero-order valence-corrected chi connectivity index (χ0v) is 56.2. The van der Waals surface area contributed by atoms with E-state index in [2.05, 4.69) is 319 Å². The van der Waals surface area contributed by atoms with E-state index in [1.165, 1.54) is 111 Å². The van der Waals surface area contributed by atoms with Gasteiger partial charge in [0.2, 0.25) is 0 Å². The Balaban J connectivity index is 1.12. The molecule has 0 N–H and O–H groups in total. The molecule has 0 bridgehead atoms. The third kappa shape index (κ3) is 9.18. The van der Waals surface area contributed by atoms with Gasteiger partial charge in [0.25, 0.3) is 6.71 Å². The smallest absolute Gasteiger partial charge is 0.252 e. The second-order valence-corrected chi connectivity index (χ2v) is 32.9. The fourth-order valence-corrected chi connectivity index (χ4v) is 16.7. The fraction of sp³-hybridized carbons (Fsp3) is 0.341. The number of hydrogen-bond acceptors (Lipinski definition) is 5. The van der Waals surface area contributed by atoms with E-state index in [4.69, 9.17) is 0 Å². The molecule has 2 unspecified atom stereocenters.